The molecule has 2 aliphatic heterocycles. The second-order valence-corrected chi connectivity index (χ2v) is 6.36. The van der Waals surface area contributed by atoms with Crippen molar-refractivity contribution in [1.82, 2.24) is 9.80 Å². The highest BCUT2D eigenvalue weighted by atomic mass is 16.5. The lowest BCUT2D eigenvalue weighted by molar-refractivity contribution is -0.158. The monoisotopic (exact) mass is 378 g/mol. The van der Waals surface area contributed by atoms with Gasteiger partial charge in [-0.05, 0) is 38.3 Å². The summed E-state index contributed by atoms with van der Waals surface area (Å²) in [6, 6.07) is 6.86. The maximum absolute atomic E-state index is 12.6. The number of hydrogen-bond acceptors (Lipinski definition) is 5. The molecule has 2 saturated heterocycles. The van der Waals surface area contributed by atoms with Crippen LogP contribution in [0.25, 0.3) is 0 Å². The molecule has 1 aromatic rings. The quantitative estimate of drug-likeness (QED) is 0.594. The second-order valence-electron chi connectivity index (χ2n) is 6.36. The topological polar surface area (TPSA) is 96.4 Å². The van der Waals surface area contributed by atoms with Crippen LogP contribution in [0.1, 0.15) is 26.2 Å². The van der Waals surface area contributed by atoms with Gasteiger partial charge in [-0.2, -0.15) is 0 Å². The highest BCUT2D eigenvalue weighted by Gasteiger charge is 2.45. The SMILES string of the molecule is COc1ccccc1OCCCN1C(=O)[C@H]2CCCN2C(=O)[C@@H]1C.O=CO. The van der Waals surface area contributed by atoms with Crippen molar-refractivity contribution < 1.29 is 29.0 Å². The van der Waals surface area contributed by atoms with Gasteiger partial charge in [0.1, 0.15) is 12.1 Å². The van der Waals surface area contributed by atoms with E-state index in [1.54, 1.807) is 16.9 Å². The molecule has 8 nitrogen and oxygen atoms in total. The Labute approximate surface area is 158 Å². The largest absolute Gasteiger partial charge is 0.493 e. The summed E-state index contributed by atoms with van der Waals surface area (Å²) in [5.41, 5.74) is 0. The van der Waals surface area contributed by atoms with Gasteiger partial charge in [-0.1, -0.05) is 12.1 Å². The molecule has 0 aliphatic carbocycles. The number of carboxylic acid groups (broad SMARTS) is 1. The fraction of sp³-hybridized carbons (Fsp3) is 0.526. The van der Waals surface area contributed by atoms with Gasteiger partial charge in [0.15, 0.2) is 11.5 Å². The lowest BCUT2D eigenvalue weighted by atomic mass is 10.1. The Morgan fingerprint density at radius 3 is 2.56 bits per heavy atom. The number of benzene rings is 1. The molecule has 2 heterocycles. The molecule has 0 radical (unpaired) electrons. The van der Waals surface area contributed by atoms with Crippen molar-refractivity contribution in [2.75, 3.05) is 26.8 Å². The molecule has 2 fully saturated rings. The molecule has 8 heteroatoms. The minimum Gasteiger partial charge on any atom is -0.493 e. The van der Waals surface area contributed by atoms with Crippen molar-refractivity contribution in [3.63, 3.8) is 0 Å². The van der Waals surface area contributed by atoms with E-state index in [0.717, 1.165) is 12.8 Å². The molecular weight excluding hydrogens is 352 g/mol. The summed E-state index contributed by atoms with van der Waals surface area (Å²) in [6.45, 7) is 3.28. The first kappa shape index (κ1) is 20.5. The predicted octanol–water partition coefficient (Wildman–Crippen LogP) is 1.39. The van der Waals surface area contributed by atoms with E-state index in [1.807, 2.05) is 31.2 Å². The predicted molar refractivity (Wildman–Crippen MR) is 97.7 cm³/mol. The molecule has 148 valence electrons. The lowest BCUT2D eigenvalue weighted by Crippen LogP contribution is -2.61. The van der Waals surface area contributed by atoms with E-state index in [1.165, 1.54) is 0 Å². The minimum atomic E-state index is -0.377. The third-order valence-electron chi connectivity index (χ3n) is 4.80. The van der Waals surface area contributed by atoms with Gasteiger partial charge in [0.05, 0.1) is 13.7 Å². The molecule has 0 spiro atoms. The molecule has 1 N–H and O–H groups in total. The maximum Gasteiger partial charge on any atom is 0.290 e. The summed E-state index contributed by atoms with van der Waals surface area (Å²) in [4.78, 5) is 36.8. The minimum absolute atomic E-state index is 0.0720. The number of ether oxygens (including phenoxy) is 2. The summed E-state index contributed by atoms with van der Waals surface area (Å²) >= 11 is 0. The molecule has 27 heavy (non-hydrogen) atoms. The van der Waals surface area contributed by atoms with Crippen molar-refractivity contribution in [2.45, 2.75) is 38.3 Å². The van der Waals surface area contributed by atoms with Crippen LogP contribution in [0.5, 0.6) is 11.5 Å². The standard InChI is InChI=1S/C18H24N2O4.CH2O2/c1-13-17(21)20-10-5-7-14(20)18(22)19(13)11-6-12-24-16-9-4-3-8-15(16)23-2;2-1-3/h3-4,8-9,13-14H,5-7,10-12H2,1-2H3;1H,(H,2,3)/t13-,14+;/m0./s1. The first-order valence-electron chi connectivity index (χ1n) is 8.99. The number of methoxy groups -OCH3 is 1. The number of fused-ring (bicyclic) bond motifs is 1. The number of carbonyl (C=O) groups is 3. The van der Waals surface area contributed by atoms with Crippen LogP contribution in [0, 0.1) is 0 Å². The van der Waals surface area contributed by atoms with E-state index in [0.29, 0.717) is 37.6 Å². The van der Waals surface area contributed by atoms with Crippen LogP contribution in [0.4, 0.5) is 0 Å². The fourth-order valence-electron chi connectivity index (χ4n) is 3.50. The number of amides is 2. The zero-order chi connectivity index (χ0) is 19.8. The summed E-state index contributed by atoms with van der Waals surface area (Å²) in [6.07, 6.45) is 2.37. The van der Waals surface area contributed by atoms with Gasteiger partial charge in [0, 0.05) is 13.1 Å². The van der Waals surface area contributed by atoms with Gasteiger partial charge in [-0.3, -0.25) is 14.4 Å². The molecular formula is C19H26N2O6. The zero-order valence-corrected chi connectivity index (χ0v) is 15.7. The Balaban J connectivity index is 0.000000817. The normalized spacial score (nSPS) is 21.3. The molecule has 0 bridgehead atoms. The fourth-order valence-corrected chi connectivity index (χ4v) is 3.50. The summed E-state index contributed by atoms with van der Waals surface area (Å²) in [7, 11) is 1.61. The average Bonchev–Trinajstić information content (AvgIpc) is 3.17. The molecule has 2 amide bonds. The molecule has 1 aromatic carbocycles. The van der Waals surface area contributed by atoms with Crippen molar-refractivity contribution >= 4 is 18.3 Å². The second kappa shape index (κ2) is 9.80. The number of piperazine rings is 1. The zero-order valence-electron chi connectivity index (χ0n) is 15.7. The van der Waals surface area contributed by atoms with E-state index in [-0.39, 0.29) is 30.4 Å². The number of nitrogens with zero attached hydrogens (tertiary/aromatic N) is 2. The van der Waals surface area contributed by atoms with Gasteiger partial charge in [0.2, 0.25) is 11.8 Å². The smallest absolute Gasteiger partial charge is 0.290 e. The third-order valence-corrected chi connectivity index (χ3v) is 4.80. The molecule has 0 saturated carbocycles. The highest BCUT2D eigenvalue weighted by Crippen LogP contribution is 2.28. The Morgan fingerprint density at radius 1 is 1.22 bits per heavy atom. The van der Waals surface area contributed by atoms with Gasteiger partial charge < -0.3 is 24.4 Å². The van der Waals surface area contributed by atoms with Gasteiger partial charge in [-0.25, -0.2) is 0 Å². The number of para-hydroxylation sites is 2. The number of rotatable bonds is 6. The molecule has 0 unspecified atom stereocenters. The van der Waals surface area contributed by atoms with E-state index in [2.05, 4.69) is 0 Å². The van der Waals surface area contributed by atoms with Gasteiger partial charge in [-0.15, -0.1) is 0 Å². The van der Waals surface area contributed by atoms with Crippen LogP contribution >= 0.6 is 0 Å². The molecule has 2 atom stereocenters. The average molecular weight is 378 g/mol. The van der Waals surface area contributed by atoms with E-state index >= 15 is 0 Å². The van der Waals surface area contributed by atoms with Gasteiger partial charge in [0.25, 0.3) is 6.47 Å². The van der Waals surface area contributed by atoms with Crippen molar-refractivity contribution in [1.29, 1.82) is 0 Å². The van der Waals surface area contributed by atoms with Crippen LogP contribution in [0.15, 0.2) is 24.3 Å². The van der Waals surface area contributed by atoms with Crippen LogP contribution in [0.3, 0.4) is 0 Å². The number of hydrogen-bond donors (Lipinski definition) is 1. The summed E-state index contributed by atoms with van der Waals surface area (Å²) in [5.74, 6) is 1.53. The van der Waals surface area contributed by atoms with Crippen molar-refractivity contribution in [3.8, 4) is 11.5 Å². The summed E-state index contributed by atoms with van der Waals surface area (Å²) < 4.78 is 11.0. The Bertz CT molecular complexity index is 665. The van der Waals surface area contributed by atoms with Crippen LogP contribution < -0.4 is 9.47 Å². The first-order valence-corrected chi connectivity index (χ1v) is 8.99. The maximum atomic E-state index is 12.6. The van der Waals surface area contributed by atoms with Crippen LogP contribution in [-0.2, 0) is 14.4 Å². The van der Waals surface area contributed by atoms with Crippen molar-refractivity contribution in [2.24, 2.45) is 0 Å². The van der Waals surface area contributed by atoms with Crippen molar-refractivity contribution in [3.05, 3.63) is 24.3 Å². The third kappa shape index (κ3) is 4.69. The van der Waals surface area contributed by atoms with Gasteiger partial charge >= 0.3 is 0 Å². The Morgan fingerprint density at radius 2 is 1.89 bits per heavy atom. The molecule has 3 rings (SSSR count). The highest BCUT2D eigenvalue weighted by molar-refractivity contribution is 5.97. The molecule has 2 aliphatic rings. The lowest BCUT2D eigenvalue weighted by Gasteiger charge is -2.40. The van der Waals surface area contributed by atoms with E-state index < -0.39 is 0 Å². The Kier molecular flexibility index (Phi) is 7.45. The van der Waals surface area contributed by atoms with E-state index in [4.69, 9.17) is 19.4 Å². The number of carbonyl (C=O) groups excluding carboxylic acids is 2. The van der Waals surface area contributed by atoms with E-state index in [9.17, 15) is 9.59 Å². The summed E-state index contributed by atoms with van der Waals surface area (Å²) in [5, 5.41) is 6.89. The van der Waals surface area contributed by atoms with Crippen LogP contribution in [0.2, 0.25) is 0 Å². The first-order chi connectivity index (χ1) is 13.0. The van der Waals surface area contributed by atoms with Crippen LogP contribution in [-0.4, -0.2) is 72.1 Å². The Hall–Kier alpha value is -2.77. The molecule has 0 aromatic heterocycles.